The van der Waals surface area contributed by atoms with Gasteiger partial charge in [0.05, 0.1) is 12.2 Å². The lowest BCUT2D eigenvalue weighted by molar-refractivity contribution is 0.120. The molecule has 19 heavy (non-hydrogen) atoms. The van der Waals surface area contributed by atoms with E-state index < -0.39 is 18.2 Å². The van der Waals surface area contributed by atoms with Crippen LogP contribution in [-0.4, -0.2) is 41.4 Å². The van der Waals surface area contributed by atoms with Crippen LogP contribution >= 0.6 is 0 Å². The summed E-state index contributed by atoms with van der Waals surface area (Å²) in [4.78, 5) is 0. The number of hydrogen-bond acceptors (Lipinski definition) is 3. The Hall–Kier alpha value is -0.575. The van der Waals surface area contributed by atoms with E-state index in [0.717, 1.165) is 12.8 Å². The van der Waals surface area contributed by atoms with E-state index in [1.54, 1.807) is 13.9 Å². The van der Waals surface area contributed by atoms with Crippen molar-refractivity contribution >= 4 is 7.85 Å². The van der Waals surface area contributed by atoms with Gasteiger partial charge in [0.25, 0.3) is 0 Å². The molecule has 1 rings (SSSR count). The summed E-state index contributed by atoms with van der Waals surface area (Å²) in [5.74, 6) is 0.00306. The van der Waals surface area contributed by atoms with Gasteiger partial charge in [-0.25, -0.2) is 0 Å². The molecule has 0 saturated heterocycles. The van der Waals surface area contributed by atoms with E-state index >= 15 is 0 Å². The Morgan fingerprint density at radius 3 is 2.63 bits per heavy atom. The van der Waals surface area contributed by atoms with Crippen LogP contribution in [0.15, 0.2) is 24.3 Å². The maximum atomic E-state index is 10.0. The monoisotopic (exact) mass is 266 g/mol. The predicted molar refractivity (Wildman–Crippen MR) is 80.6 cm³/mol. The molecule has 1 aliphatic carbocycles. The molecular formula is C15H27BO3. The normalized spacial score (nSPS) is 33.5. The summed E-state index contributed by atoms with van der Waals surface area (Å²) in [6.45, 7) is 2.17. The molecule has 0 aliphatic heterocycles. The Kier molecular flexibility index (Phi) is 7.43. The van der Waals surface area contributed by atoms with E-state index in [-0.39, 0.29) is 11.8 Å². The SMILES string of the molecule is B[C@H](O)/C=C/[C@@H]1[C@@H](C/C=C\CCCC)[C@@H](O)C[C@H]1O. The number of allylic oxidation sites excluding steroid dienone is 2. The number of rotatable bonds is 7. The van der Waals surface area contributed by atoms with Crippen molar-refractivity contribution in [2.24, 2.45) is 11.8 Å². The van der Waals surface area contributed by atoms with Gasteiger partial charge in [0, 0.05) is 18.3 Å². The second kappa shape index (κ2) is 8.57. The molecule has 3 nitrogen and oxygen atoms in total. The molecule has 0 heterocycles. The Bertz CT molecular complexity index is 302. The Balaban J connectivity index is 2.54. The quantitative estimate of drug-likeness (QED) is 0.366. The van der Waals surface area contributed by atoms with E-state index in [4.69, 9.17) is 0 Å². The molecular weight excluding hydrogens is 239 g/mol. The molecule has 4 heteroatoms. The Labute approximate surface area is 117 Å². The second-order valence-corrected chi connectivity index (χ2v) is 5.59. The maximum Gasteiger partial charge on any atom is 0.143 e. The first kappa shape index (κ1) is 16.5. The van der Waals surface area contributed by atoms with Gasteiger partial charge in [-0.2, -0.15) is 0 Å². The van der Waals surface area contributed by atoms with Crippen molar-refractivity contribution in [1.29, 1.82) is 0 Å². The average molecular weight is 266 g/mol. The minimum atomic E-state index is -0.509. The lowest BCUT2D eigenvalue weighted by atomic mass is 9.88. The van der Waals surface area contributed by atoms with Crippen molar-refractivity contribution in [2.75, 3.05) is 0 Å². The third-order valence-corrected chi connectivity index (χ3v) is 3.83. The second-order valence-electron chi connectivity index (χ2n) is 5.59. The summed E-state index contributed by atoms with van der Waals surface area (Å²) < 4.78 is 0. The average Bonchev–Trinajstić information content (AvgIpc) is 2.61. The van der Waals surface area contributed by atoms with Gasteiger partial charge >= 0.3 is 0 Å². The summed E-state index contributed by atoms with van der Waals surface area (Å²) in [6, 6.07) is -0.509. The highest BCUT2D eigenvalue weighted by atomic mass is 16.3. The Morgan fingerprint density at radius 2 is 2.00 bits per heavy atom. The fourth-order valence-corrected chi connectivity index (χ4v) is 2.69. The standard InChI is InChI=1S/C15H27BO3/c1-2-3-4-5-6-7-11-12(8-9-15(16)19)14(18)10-13(11)17/h5-6,8-9,11-15,17-19H,2-4,7,10,16H2,1H3/b6-5-,9-8+/t11-,12-,13+,14-,15-/m1/s1. The highest BCUT2D eigenvalue weighted by Gasteiger charge is 2.39. The molecule has 1 fully saturated rings. The Morgan fingerprint density at radius 1 is 1.26 bits per heavy atom. The first-order valence-electron chi connectivity index (χ1n) is 7.43. The number of unbranched alkanes of at least 4 members (excludes halogenated alkanes) is 2. The summed E-state index contributed by atoms with van der Waals surface area (Å²) in [6.07, 6.45) is 11.6. The first-order chi connectivity index (χ1) is 9.06. The third kappa shape index (κ3) is 5.51. The van der Waals surface area contributed by atoms with Crippen LogP contribution in [0.25, 0.3) is 0 Å². The molecule has 1 aliphatic rings. The van der Waals surface area contributed by atoms with Gasteiger partial charge in [-0.15, -0.1) is 0 Å². The van der Waals surface area contributed by atoms with Crippen molar-refractivity contribution in [3.05, 3.63) is 24.3 Å². The van der Waals surface area contributed by atoms with E-state index in [2.05, 4.69) is 19.1 Å². The van der Waals surface area contributed by atoms with Crippen LogP contribution in [0.4, 0.5) is 0 Å². The lowest BCUT2D eigenvalue weighted by Gasteiger charge is -2.19. The van der Waals surface area contributed by atoms with Gasteiger partial charge in [0.2, 0.25) is 0 Å². The minimum Gasteiger partial charge on any atom is -0.398 e. The largest absolute Gasteiger partial charge is 0.398 e. The van der Waals surface area contributed by atoms with Crippen LogP contribution < -0.4 is 0 Å². The molecule has 0 amide bonds. The molecule has 0 aromatic carbocycles. The highest BCUT2D eigenvalue weighted by Crippen LogP contribution is 2.36. The van der Waals surface area contributed by atoms with E-state index in [1.807, 2.05) is 6.08 Å². The molecule has 1 saturated carbocycles. The highest BCUT2D eigenvalue weighted by molar-refractivity contribution is 6.12. The van der Waals surface area contributed by atoms with Gasteiger partial charge in [0.15, 0.2) is 0 Å². The van der Waals surface area contributed by atoms with Crippen LogP contribution in [0, 0.1) is 11.8 Å². The predicted octanol–water partition coefficient (Wildman–Crippen LogP) is 0.988. The number of aliphatic hydroxyl groups is 3. The van der Waals surface area contributed by atoms with Crippen molar-refractivity contribution in [3.63, 3.8) is 0 Å². The van der Waals surface area contributed by atoms with Gasteiger partial charge in [-0.1, -0.05) is 44.1 Å². The molecule has 0 unspecified atom stereocenters. The van der Waals surface area contributed by atoms with Crippen LogP contribution in [0.3, 0.4) is 0 Å². The zero-order valence-corrected chi connectivity index (χ0v) is 12.1. The summed E-state index contributed by atoms with van der Waals surface area (Å²) in [7, 11) is 1.69. The van der Waals surface area contributed by atoms with E-state index in [9.17, 15) is 15.3 Å². The molecule has 0 aromatic rings. The van der Waals surface area contributed by atoms with Crippen LogP contribution in [0.5, 0.6) is 0 Å². The molecule has 108 valence electrons. The zero-order valence-electron chi connectivity index (χ0n) is 12.1. The van der Waals surface area contributed by atoms with Gasteiger partial charge in [-0.05, 0) is 18.8 Å². The molecule has 0 spiro atoms. The first-order valence-corrected chi connectivity index (χ1v) is 7.43. The van der Waals surface area contributed by atoms with Crippen LogP contribution in [0.2, 0.25) is 0 Å². The van der Waals surface area contributed by atoms with Crippen molar-refractivity contribution in [1.82, 2.24) is 0 Å². The fraction of sp³-hybridized carbons (Fsp3) is 0.733. The molecule has 3 N–H and O–H groups in total. The number of aliphatic hydroxyl groups excluding tert-OH is 3. The summed E-state index contributed by atoms with van der Waals surface area (Å²) in [5.41, 5.74) is 0. The summed E-state index contributed by atoms with van der Waals surface area (Å²) >= 11 is 0. The summed E-state index contributed by atoms with van der Waals surface area (Å²) in [5, 5.41) is 29.3. The molecule has 0 bridgehead atoms. The molecule has 0 radical (unpaired) electrons. The maximum absolute atomic E-state index is 10.0. The van der Waals surface area contributed by atoms with Crippen molar-refractivity contribution in [3.8, 4) is 0 Å². The van der Waals surface area contributed by atoms with Gasteiger partial charge in [0.1, 0.15) is 7.85 Å². The molecule has 0 aromatic heterocycles. The van der Waals surface area contributed by atoms with Gasteiger partial charge in [-0.3, -0.25) is 0 Å². The smallest absolute Gasteiger partial charge is 0.143 e. The van der Waals surface area contributed by atoms with Crippen LogP contribution in [0.1, 0.15) is 39.0 Å². The molecule has 5 atom stereocenters. The van der Waals surface area contributed by atoms with Crippen molar-refractivity contribution < 1.29 is 15.3 Å². The van der Waals surface area contributed by atoms with Crippen molar-refractivity contribution in [2.45, 2.75) is 57.2 Å². The van der Waals surface area contributed by atoms with Crippen LogP contribution in [-0.2, 0) is 0 Å². The fourth-order valence-electron chi connectivity index (χ4n) is 2.69. The topological polar surface area (TPSA) is 60.7 Å². The van der Waals surface area contributed by atoms with Gasteiger partial charge < -0.3 is 15.3 Å². The third-order valence-electron chi connectivity index (χ3n) is 3.83. The number of hydrogen-bond donors (Lipinski definition) is 3. The minimum absolute atomic E-state index is 0.0552. The van der Waals surface area contributed by atoms with E-state index in [0.29, 0.717) is 6.42 Å². The lowest BCUT2D eigenvalue weighted by Crippen LogP contribution is -2.20. The zero-order chi connectivity index (χ0) is 14.3. The van der Waals surface area contributed by atoms with E-state index in [1.165, 1.54) is 12.8 Å².